The molecule has 5 aliphatic carbocycles. The van der Waals surface area contributed by atoms with E-state index in [1.165, 1.54) is 12.2 Å². The topological polar surface area (TPSA) is 106 Å². The SMILES string of the molecule is C[C@]12C=CC(=O)C=C1[C@@H](F)CC1C3C[C@H]4O[C@@H](C5CCCCC5)O[C@@]4(C(=O)OCC#N)[C@@]3(C)C[C@H](O)[C@@]12F. The van der Waals surface area contributed by atoms with Gasteiger partial charge in [0.1, 0.15) is 18.3 Å². The van der Waals surface area contributed by atoms with Crippen molar-refractivity contribution in [3.05, 3.63) is 23.8 Å². The molecule has 206 valence electrons. The number of hydrogen-bond donors (Lipinski definition) is 1. The number of aliphatic hydroxyl groups is 1. The van der Waals surface area contributed by atoms with Gasteiger partial charge >= 0.3 is 5.97 Å². The highest BCUT2D eigenvalue weighted by atomic mass is 19.1. The second kappa shape index (κ2) is 8.67. The van der Waals surface area contributed by atoms with Crippen LogP contribution < -0.4 is 0 Å². The van der Waals surface area contributed by atoms with Crippen LogP contribution in [0.15, 0.2) is 23.8 Å². The van der Waals surface area contributed by atoms with Crippen molar-refractivity contribution in [2.24, 2.45) is 28.6 Å². The number of aliphatic hydroxyl groups excluding tert-OH is 1. The third-order valence-corrected chi connectivity index (χ3v) is 11.0. The van der Waals surface area contributed by atoms with E-state index < -0.39 is 77.0 Å². The van der Waals surface area contributed by atoms with Gasteiger partial charge in [-0.15, -0.1) is 0 Å². The minimum atomic E-state index is -2.26. The molecule has 1 aliphatic heterocycles. The van der Waals surface area contributed by atoms with Crippen LogP contribution in [0.3, 0.4) is 0 Å². The van der Waals surface area contributed by atoms with Gasteiger partial charge in [-0.1, -0.05) is 32.3 Å². The largest absolute Gasteiger partial charge is 0.448 e. The van der Waals surface area contributed by atoms with E-state index in [4.69, 9.17) is 19.5 Å². The van der Waals surface area contributed by atoms with E-state index in [0.717, 1.165) is 38.2 Å². The summed E-state index contributed by atoms with van der Waals surface area (Å²) in [6, 6.07) is 1.82. The lowest BCUT2D eigenvalue weighted by Gasteiger charge is -2.63. The van der Waals surface area contributed by atoms with Crippen LogP contribution in [0.25, 0.3) is 0 Å². The summed E-state index contributed by atoms with van der Waals surface area (Å²) >= 11 is 0. The molecule has 0 spiro atoms. The minimum Gasteiger partial charge on any atom is -0.448 e. The molecule has 0 aromatic rings. The molecule has 6 rings (SSSR count). The summed E-state index contributed by atoms with van der Waals surface area (Å²) in [5.74, 6) is -2.56. The first-order chi connectivity index (χ1) is 18.0. The number of hydrogen-bond acceptors (Lipinski definition) is 7. The molecular formula is C29H35F2NO6. The van der Waals surface area contributed by atoms with E-state index in [9.17, 15) is 14.7 Å². The van der Waals surface area contributed by atoms with Crippen LogP contribution in [0, 0.1) is 39.9 Å². The number of fused-ring (bicyclic) bond motifs is 7. The number of nitrogens with zero attached hydrogens (tertiary/aromatic N) is 1. The number of alkyl halides is 2. The van der Waals surface area contributed by atoms with Gasteiger partial charge in [0.25, 0.3) is 0 Å². The molecule has 1 heterocycles. The van der Waals surface area contributed by atoms with Crippen LogP contribution in [-0.2, 0) is 23.8 Å². The lowest BCUT2D eigenvalue weighted by molar-refractivity contribution is -0.245. The predicted octanol–water partition coefficient (Wildman–Crippen LogP) is 4.04. The Labute approximate surface area is 221 Å². The van der Waals surface area contributed by atoms with Gasteiger partial charge in [0.2, 0.25) is 0 Å². The number of rotatable bonds is 3. The molecule has 0 amide bonds. The molecule has 38 heavy (non-hydrogen) atoms. The van der Waals surface area contributed by atoms with Gasteiger partial charge in [-0.2, -0.15) is 5.26 Å². The van der Waals surface area contributed by atoms with Gasteiger partial charge in [0, 0.05) is 22.7 Å². The average molecular weight is 532 g/mol. The van der Waals surface area contributed by atoms with Gasteiger partial charge < -0.3 is 19.3 Å². The van der Waals surface area contributed by atoms with Crippen LogP contribution in [-0.4, -0.2) is 59.4 Å². The van der Waals surface area contributed by atoms with Crippen molar-refractivity contribution in [1.29, 1.82) is 5.26 Å². The van der Waals surface area contributed by atoms with Gasteiger partial charge in [-0.3, -0.25) is 4.79 Å². The molecule has 1 saturated heterocycles. The summed E-state index contributed by atoms with van der Waals surface area (Å²) < 4.78 is 51.5. The lowest BCUT2D eigenvalue weighted by atomic mass is 9.44. The van der Waals surface area contributed by atoms with Crippen molar-refractivity contribution < 1.29 is 37.7 Å². The average Bonchev–Trinajstić information content (AvgIpc) is 3.40. The standard InChI is InChI=1S/C29H35F2NO6/c1-26-9-8-17(33)12-20(26)21(30)13-19-18-14-23-29(25(35)36-11-10-32,27(18,2)15-22(34)28(19,26)31)38-24(37-23)16-6-4-3-5-7-16/h8-9,12,16,18-19,21-24,34H,3-7,11,13-15H2,1-2H3/t18?,19?,21-,22-,23+,24+,26-,27-,28-,29-/m0/s1. The lowest BCUT2D eigenvalue weighted by Crippen LogP contribution is -2.70. The Balaban J connectivity index is 1.42. The number of carbonyl (C=O) groups is 2. The summed E-state index contributed by atoms with van der Waals surface area (Å²) in [5.41, 5.74) is -6.48. The molecule has 0 bridgehead atoms. The Morgan fingerprint density at radius 2 is 1.97 bits per heavy atom. The molecule has 9 heteroatoms. The second-order valence-corrected chi connectivity index (χ2v) is 12.6. The number of nitriles is 1. The summed E-state index contributed by atoms with van der Waals surface area (Å²) in [6.45, 7) is 2.87. The highest BCUT2D eigenvalue weighted by Crippen LogP contribution is 2.72. The van der Waals surface area contributed by atoms with E-state index in [0.29, 0.717) is 0 Å². The Bertz CT molecular complexity index is 1140. The van der Waals surface area contributed by atoms with Crippen LogP contribution in [0.5, 0.6) is 0 Å². The monoisotopic (exact) mass is 531 g/mol. The predicted molar refractivity (Wildman–Crippen MR) is 130 cm³/mol. The maximum absolute atomic E-state index is 17.5. The summed E-state index contributed by atoms with van der Waals surface area (Å²) in [4.78, 5) is 25.8. The maximum Gasteiger partial charge on any atom is 0.342 e. The van der Waals surface area contributed by atoms with Crippen LogP contribution in [0.4, 0.5) is 8.78 Å². The van der Waals surface area contributed by atoms with Crippen LogP contribution in [0.2, 0.25) is 0 Å². The molecule has 1 N–H and O–H groups in total. The Hall–Kier alpha value is -2.15. The number of carbonyl (C=O) groups excluding carboxylic acids is 2. The van der Waals surface area contributed by atoms with Crippen molar-refractivity contribution in [3.63, 3.8) is 0 Å². The summed E-state index contributed by atoms with van der Waals surface area (Å²) in [5, 5.41) is 20.7. The van der Waals surface area contributed by atoms with Crippen molar-refractivity contribution in [1.82, 2.24) is 0 Å². The number of allylic oxidation sites excluding steroid dienone is 4. The van der Waals surface area contributed by atoms with E-state index in [1.807, 2.05) is 6.07 Å². The van der Waals surface area contributed by atoms with Crippen molar-refractivity contribution in [2.45, 2.75) is 101 Å². The van der Waals surface area contributed by atoms with Crippen molar-refractivity contribution >= 4 is 11.8 Å². The number of ether oxygens (including phenoxy) is 3. The normalized spacial score (nSPS) is 49.8. The molecular weight excluding hydrogens is 496 g/mol. The van der Waals surface area contributed by atoms with Crippen molar-refractivity contribution in [2.75, 3.05) is 6.61 Å². The fraction of sp³-hybridized carbons (Fsp3) is 0.759. The Morgan fingerprint density at radius 1 is 1.24 bits per heavy atom. The highest BCUT2D eigenvalue weighted by Gasteiger charge is 2.81. The van der Waals surface area contributed by atoms with Gasteiger partial charge in [-0.05, 0) is 62.7 Å². The van der Waals surface area contributed by atoms with Crippen molar-refractivity contribution in [3.8, 4) is 6.07 Å². The smallest absolute Gasteiger partial charge is 0.342 e. The zero-order valence-corrected chi connectivity index (χ0v) is 21.8. The molecule has 2 unspecified atom stereocenters. The number of esters is 1. The van der Waals surface area contributed by atoms with Gasteiger partial charge in [0.05, 0.1) is 6.10 Å². The van der Waals surface area contributed by atoms with Gasteiger partial charge in [-0.25, -0.2) is 13.6 Å². The fourth-order valence-corrected chi connectivity index (χ4v) is 9.15. The van der Waals surface area contributed by atoms with Crippen LogP contribution >= 0.6 is 0 Å². The second-order valence-electron chi connectivity index (χ2n) is 12.6. The summed E-state index contributed by atoms with van der Waals surface area (Å²) in [6.07, 6.45) is 4.16. The third kappa shape index (κ3) is 3.14. The van der Waals surface area contributed by atoms with Gasteiger partial charge in [0.15, 0.2) is 29.9 Å². The summed E-state index contributed by atoms with van der Waals surface area (Å²) in [7, 11) is 0. The molecule has 10 atom stereocenters. The van der Waals surface area contributed by atoms with Crippen LogP contribution in [0.1, 0.15) is 65.2 Å². The molecule has 7 nitrogen and oxygen atoms in total. The molecule has 6 aliphatic rings. The first-order valence-electron chi connectivity index (χ1n) is 13.9. The van der Waals surface area contributed by atoms with E-state index in [2.05, 4.69) is 0 Å². The first kappa shape index (κ1) is 26.1. The molecule has 0 aromatic heterocycles. The maximum atomic E-state index is 17.5. The number of ketones is 1. The quantitative estimate of drug-likeness (QED) is 0.548. The molecule has 0 radical (unpaired) electrons. The zero-order valence-electron chi connectivity index (χ0n) is 21.8. The molecule has 4 saturated carbocycles. The Morgan fingerprint density at radius 3 is 2.68 bits per heavy atom. The highest BCUT2D eigenvalue weighted by molar-refractivity contribution is 6.01. The Kier molecular flexibility index (Phi) is 5.96. The van der Waals surface area contributed by atoms with E-state index >= 15 is 8.78 Å². The molecule has 5 fully saturated rings. The molecule has 0 aromatic carbocycles. The minimum absolute atomic E-state index is 0.0533. The zero-order chi connectivity index (χ0) is 27.1. The fourth-order valence-electron chi connectivity index (χ4n) is 9.15. The van der Waals surface area contributed by atoms with E-state index in [1.54, 1.807) is 13.8 Å². The van der Waals surface area contributed by atoms with E-state index in [-0.39, 0.29) is 30.8 Å². The first-order valence-corrected chi connectivity index (χ1v) is 13.9. The number of halogens is 2. The third-order valence-electron chi connectivity index (χ3n) is 11.0.